The normalized spacial score (nSPS) is 29.5. The maximum atomic E-state index is 4.88. The topological polar surface area (TPSA) is 28.2 Å². The van der Waals surface area contributed by atoms with E-state index in [0.29, 0.717) is 0 Å². The van der Waals surface area contributed by atoms with Crippen molar-refractivity contribution in [3.8, 4) is 0 Å². The monoisotopic (exact) mass is 285 g/mol. The van der Waals surface area contributed by atoms with E-state index in [9.17, 15) is 0 Å². The largest absolute Gasteiger partial charge is 0.308 e. The molecule has 21 heavy (non-hydrogen) atoms. The molecule has 1 N–H and O–H groups in total. The Labute approximate surface area is 128 Å². The Morgan fingerprint density at radius 2 is 1.90 bits per heavy atom. The number of nitrogens with one attached hydrogen (secondary N) is 1. The van der Waals surface area contributed by atoms with E-state index in [2.05, 4.69) is 28.4 Å². The lowest BCUT2D eigenvalue weighted by molar-refractivity contribution is 0.104. The van der Waals surface area contributed by atoms with Gasteiger partial charge in [0.05, 0.1) is 11.4 Å². The molecule has 1 aromatic rings. The molecule has 1 saturated heterocycles. The van der Waals surface area contributed by atoms with Crippen molar-refractivity contribution in [2.75, 3.05) is 6.54 Å². The van der Waals surface area contributed by atoms with Gasteiger partial charge in [-0.2, -0.15) is 0 Å². The van der Waals surface area contributed by atoms with Gasteiger partial charge in [0.15, 0.2) is 0 Å². The number of fused-ring (bicyclic) bond motifs is 1. The molecule has 3 heteroatoms. The summed E-state index contributed by atoms with van der Waals surface area (Å²) in [5.74, 6) is 0.971. The number of hydrogen-bond acceptors (Lipinski definition) is 3. The van der Waals surface area contributed by atoms with Crippen LogP contribution in [0.25, 0.3) is 0 Å². The van der Waals surface area contributed by atoms with Crippen LogP contribution in [0.5, 0.6) is 0 Å². The molecular weight excluding hydrogens is 258 g/mol. The Bertz CT molecular complexity index is 483. The number of likely N-dealkylation sites (tertiary alicyclic amines) is 1. The first-order valence-corrected chi connectivity index (χ1v) is 8.81. The minimum Gasteiger partial charge on any atom is -0.308 e. The molecule has 3 aliphatic rings. The molecule has 0 radical (unpaired) electrons. The van der Waals surface area contributed by atoms with Gasteiger partial charge >= 0.3 is 0 Å². The van der Waals surface area contributed by atoms with Crippen molar-refractivity contribution < 1.29 is 0 Å². The molecule has 2 saturated carbocycles. The van der Waals surface area contributed by atoms with Crippen LogP contribution in [0.4, 0.5) is 0 Å². The molecular formula is C18H27N3. The molecule has 114 valence electrons. The molecule has 2 atom stereocenters. The van der Waals surface area contributed by atoms with E-state index in [1.807, 2.05) is 0 Å². The second-order valence-corrected chi connectivity index (χ2v) is 7.15. The Morgan fingerprint density at radius 3 is 2.81 bits per heavy atom. The summed E-state index contributed by atoms with van der Waals surface area (Å²) >= 11 is 0. The number of hydrogen-bond donors (Lipinski definition) is 1. The molecule has 3 nitrogen and oxygen atoms in total. The zero-order valence-corrected chi connectivity index (χ0v) is 12.9. The highest BCUT2D eigenvalue weighted by atomic mass is 15.2. The van der Waals surface area contributed by atoms with Gasteiger partial charge in [-0.05, 0) is 63.1 Å². The van der Waals surface area contributed by atoms with Gasteiger partial charge in [0, 0.05) is 25.2 Å². The summed E-state index contributed by atoms with van der Waals surface area (Å²) < 4.78 is 0. The van der Waals surface area contributed by atoms with Gasteiger partial charge in [0.1, 0.15) is 0 Å². The van der Waals surface area contributed by atoms with Gasteiger partial charge < -0.3 is 5.32 Å². The van der Waals surface area contributed by atoms with Crippen molar-refractivity contribution in [1.82, 2.24) is 15.2 Å². The van der Waals surface area contributed by atoms with Crippen LogP contribution in [0, 0.1) is 5.92 Å². The summed E-state index contributed by atoms with van der Waals surface area (Å²) in [5, 5.41) is 3.56. The highest BCUT2D eigenvalue weighted by Gasteiger charge is 2.34. The Kier molecular flexibility index (Phi) is 3.95. The fraction of sp³-hybridized carbons (Fsp3) is 0.722. The van der Waals surface area contributed by atoms with Crippen LogP contribution in [0.3, 0.4) is 0 Å². The van der Waals surface area contributed by atoms with E-state index < -0.39 is 0 Å². The molecule has 2 unspecified atom stereocenters. The predicted octanol–water partition coefficient (Wildman–Crippen LogP) is 3.10. The van der Waals surface area contributed by atoms with Gasteiger partial charge in [0.25, 0.3) is 0 Å². The second kappa shape index (κ2) is 6.05. The van der Waals surface area contributed by atoms with Gasteiger partial charge in [-0.25, -0.2) is 0 Å². The lowest BCUT2D eigenvalue weighted by atomic mass is 9.92. The van der Waals surface area contributed by atoms with Crippen molar-refractivity contribution >= 4 is 0 Å². The zero-order chi connectivity index (χ0) is 14.1. The summed E-state index contributed by atoms with van der Waals surface area (Å²) in [5.41, 5.74) is 2.47. The summed E-state index contributed by atoms with van der Waals surface area (Å²) in [7, 11) is 0. The van der Waals surface area contributed by atoms with E-state index in [0.717, 1.165) is 31.1 Å². The first-order chi connectivity index (χ1) is 10.4. The number of piperidine rings is 1. The van der Waals surface area contributed by atoms with Crippen LogP contribution in [-0.4, -0.2) is 28.5 Å². The van der Waals surface area contributed by atoms with Crippen molar-refractivity contribution in [2.24, 2.45) is 5.92 Å². The maximum absolute atomic E-state index is 4.88. The molecule has 2 aliphatic carbocycles. The number of nitrogens with zero attached hydrogens (tertiary/aromatic N) is 2. The molecule has 0 amide bonds. The van der Waals surface area contributed by atoms with Crippen LogP contribution in [0.2, 0.25) is 0 Å². The first kappa shape index (κ1) is 13.7. The van der Waals surface area contributed by atoms with E-state index in [-0.39, 0.29) is 0 Å². The predicted molar refractivity (Wildman–Crippen MR) is 84.9 cm³/mol. The number of rotatable bonds is 5. The third-order valence-corrected chi connectivity index (χ3v) is 5.49. The van der Waals surface area contributed by atoms with Crippen LogP contribution < -0.4 is 5.32 Å². The molecule has 2 heterocycles. The lowest BCUT2D eigenvalue weighted by Crippen LogP contribution is -2.42. The highest BCUT2D eigenvalue weighted by Crippen LogP contribution is 2.37. The summed E-state index contributed by atoms with van der Waals surface area (Å²) in [6.45, 7) is 3.26. The number of pyridine rings is 1. The van der Waals surface area contributed by atoms with Crippen molar-refractivity contribution in [3.05, 3.63) is 29.6 Å². The van der Waals surface area contributed by atoms with E-state index in [1.54, 1.807) is 0 Å². The first-order valence-electron chi connectivity index (χ1n) is 8.81. The second-order valence-electron chi connectivity index (χ2n) is 7.15. The summed E-state index contributed by atoms with van der Waals surface area (Å²) in [4.78, 5) is 7.59. The van der Waals surface area contributed by atoms with Gasteiger partial charge in [-0.1, -0.05) is 12.5 Å². The molecule has 4 rings (SSSR count). The lowest BCUT2D eigenvalue weighted by Gasteiger charge is -2.37. The molecule has 0 bridgehead atoms. The average Bonchev–Trinajstić information content (AvgIpc) is 3.21. The summed E-state index contributed by atoms with van der Waals surface area (Å²) in [6.07, 6.45) is 9.83. The number of aromatic nitrogens is 1. The fourth-order valence-corrected chi connectivity index (χ4v) is 4.21. The minimum absolute atomic E-state index is 0.761. The van der Waals surface area contributed by atoms with Crippen LogP contribution in [0.1, 0.15) is 56.3 Å². The minimum atomic E-state index is 0.761. The average molecular weight is 285 g/mol. The standard InChI is InChI=1S/C18H27N3/c1-4-14-5-3-11-21(18(14)8-1)13-17-7-2-6-16(20-17)12-19-15-9-10-15/h2,6-7,14-15,18-19H,1,3-5,8-13H2. The van der Waals surface area contributed by atoms with E-state index in [4.69, 9.17) is 4.98 Å². The maximum Gasteiger partial charge on any atom is 0.0547 e. The molecule has 0 spiro atoms. The molecule has 3 fully saturated rings. The smallest absolute Gasteiger partial charge is 0.0547 e. The fourth-order valence-electron chi connectivity index (χ4n) is 4.21. The van der Waals surface area contributed by atoms with Gasteiger partial charge in [-0.15, -0.1) is 0 Å². The van der Waals surface area contributed by atoms with Gasteiger partial charge in [0.2, 0.25) is 0 Å². The molecule has 0 aromatic carbocycles. The Hall–Kier alpha value is -0.930. The van der Waals surface area contributed by atoms with Gasteiger partial charge in [-0.3, -0.25) is 9.88 Å². The van der Waals surface area contributed by atoms with Crippen molar-refractivity contribution in [1.29, 1.82) is 0 Å². The molecule has 1 aliphatic heterocycles. The van der Waals surface area contributed by atoms with Crippen LogP contribution >= 0.6 is 0 Å². The SMILES string of the molecule is c1cc(CNC2CC2)nc(CN2CCCC3CCCC32)c1. The van der Waals surface area contributed by atoms with E-state index in [1.165, 1.54) is 62.9 Å². The zero-order valence-electron chi connectivity index (χ0n) is 12.9. The Morgan fingerprint density at radius 1 is 1.05 bits per heavy atom. The van der Waals surface area contributed by atoms with Crippen molar-refractivity contribution in [2.45, 2.75) is 70.1 Å². The third-order valence-electron chi connectivity index (χ3n) is 5.49. The van der Waals surface area contributed by atoms with Crippen LogP contribution in [0.15, 0.2) is 18.2 Å². The highest BCUT2D eigenvalue weighted by molar-refractivity contribution is 5.12. The summed E-state index contributed by atoms with van der Waals surface area (Å²) in [6, 6.07) is 8.15. The Balaban J connectivity index is 1.39. The van der Waals surface area contributed by atoms with Crippen molar-refractivity contribution in [3.63, 3.8) is 0 Å². The quantitative estimate of drug-likeness (QED) is 0.901. The third kappa shape index (κ3) is 3.29. The van der Waals surface area contributed by atoms with Crippen LogP contribution in [-0.2, 0) is 13.1 Å². The van der Waals surface area contributed by atoms with E-state index >= 15 is 0 Å². The molecule has 1 aromatic heterocycles.